The SMILES string of the molecule is CN(C)c1ccc(C2C[C@@]3(C)[C@@H](CC[C@@]3(O)C#CC(F)(F)F)[C@@H]3OCC4=CC(=O)CCC4=C23)cc1. The maximum atomic E-state index is 13.0. The van der Waals surface area contributed by atoms with Crippen molar-refractivity contribution in [3.8, 4) is 11.8 Å². The predicted molar refractivity (Wildman–Crippen MR) is 127 cm³/mol. The number of rotatable bonds is 2. The molecule has 2 saturated carbocycles. The first-order valence-electron chi connectivity index (χ1n) is 12.1. The number of hydrogen-bond donors (Lipinski definition) is 1. The van der Waals surface area contributed by atoms with E-state index in [4.69, 9.17) is 4.74 Å². The van der Waals surface area contributed by atoms with Crippen LogP contribution in [0.2, 0.25) is 0 Å². The highest BCUT2D eigenvalue weighted by atomic mass is 19.4. The Morgan fingerprint density at radius 2 is 1.89 bits per heavy atom. The molecule has 186 valence electrons. The number of halogens is 3. The van der Waals surface area contributed by atoms with E-state index in [1.54, 1.807) is 6.08 Å². The van der Waals surface area contributed by atoms with Crippen LogP contribution >= 0.6 is 0 Å². The van der Waals surface area contributed by atoms with Gasteiger partial charge in [0.2, 0.25) is 0 Å². The Morgan fingerprint density at radius 3 is 2.54 bits per heavy atom. The van der Waals surface area contributed by atoms with Gasteiger partial charge in [-0.25, -0.2) is 0 Å². The highest BCUT2D eigenvalue weighted by Gasteiger charge is 2.63. The quantitative estimate of drug-likeness (QED) is 0.603. The molecule has 0 amide bonds. The van der Waals surface area contributed by atoms with Gasteiger partial charge in [0.05, 0.1) is 12.7 Å². The minimum Gasteiger partial charge on any atom is -0.378 e. The summed E-state index contributed by atoms with van der Waals surface area (Å²) in [5.74, 6) is 3.38. The van der Waals surface area contributed by atoms with Gasteiger partial charge in [-0.2, -0.15) is 13.2 Å². The highest BCUT2D eigenvalue weighted by molar-refractivity contribution is 5.93. The van der Waals surface area contributed by atoms with Crippen LogP contribution in [0.15, 0.2) is 47.1 Å². The molecule has 2 fully saturated rings. The van der Waals surface area contributed by atoms with Gasteiger partial charge >= 0.3 is 6.18 Å². The van der Waals surface area contributed by atoms with Crippen molar-refractivity contribution in [2.45, 2.75) is 62.8 Å². The second kappa shape index (κ2) is 8.25. The topological polar surface area (TPSA) is 49.8 Å². The number of aliphatic hydroxyl groups is 1. The van der Waals surface area contributed by atoms with Gasteiger partial charge in [0.15, 0.2) is 5.78 Å². The van der Waals surface area contributed by atoms with Gasteiger partial charge < -0.3 is 14.7 Å². The van der Waals surface area contributed by atoms with Crippen molar-refractivity contribution in [3.05, 3.63) is 52.6 Å². The van der Waals surface area contributed by atoms with Gasteiger partial charge in [-0.1, -0.05) is 25.0 Å². The van der Waals surface area contributed by atoms with Crippen LogP contribution in [0.3, 0.4) is 0 Å². The average Bonchev–Trinajstić information content (AvgIpc) is 3.07. The molecule has 3 aliphatic carbocycles. The number of anilines is 1. The van der Waals surface area contributed by atoms with Gasteiger partial charge in [0.1, 0.15) is 5.60 Å². The van der Waals surface area contributed by atoms with Crippen LogP contribution in [0.25, 0.3) is 0 Å². The summed E-state index contributed by atoms with van der Waals surface area (Å²) in [4.78, 5) is 14.1. The summed E-state index contributed by atoms with van der Waals surface area (Å²) in [7, 11) is 3.93. The predicted octanol–water partition coefficient (Wildman–Crippen LogP) is 4.94. The van der Waals surface area contributed by atoms with Crippen molar-refractivity contribution in [2.24, 2.45) is 11.3 Å². The maximum absolute atomic E-state index is 13.0. The van der Waals surface area contributed by atoms with E-state index in [0.717, 1.165) is 28.0 Å². The van der Waals surface area contributed by atoms with Crippen molar-refractivity contribution in [1.29, 1.82) is 0 Å². The Morgan fingerprint density at radius 1 is 1.17 bits per heavy atom. The lowest BCUT2D eigenvalue weighted by Gasteiger charge is -2.53. The molecule has 1 unspecified atom stereocenters. The standard InChI is InChI=1S/C28H30F3NO3/c1-26-15-22(17-4-6-19(7-5-17)32(2)3)24-21-9-8-20(33)14-18(21)16-35-25(24)23(26)10-11-27(26,34)12-13-28(29,30)31/h4-7,14,22-23,25,34H,8-11,15-16H2,1-3H3/t22?,23-,25-,26-,27+/m0/s1. The van der Waals surface area contributed by atoms with Crippen LogP contribution < -0.4 is 4.90 Å². The van der Waals surface area contributed by atoms with Crippen molar-refractivity contribution < 1.29 is 27.8 Å². The molecule has 4 nitrogen and oxygen atoms in total. The first kappa shape index (κ1) is 24.1. The summed E-state index contributed by atoms with van der Waals surface area (Å²) in [6.45, 7) is 2.18. The third kappa shape index (κ3) is 4.01. The lowest BCUT2D eigenvalue weighted by atomic mass is 9.55. The number of carbonyl (C=O) groups is 1. The molecule has 1 aromatic carbocycles. The number of hydrogen-bond acceptors (Lipinski definition) is 4. The molecule has 5 rings (SSSR count). The fourth-order valence-corrected chi connectivity index (χ4v) is 6.70. The second-order valence-corrected chi connectivity index (χ2v) is 10.7. The Bertz CT molecular complexity index is 1170. The zero-order chi connectivity index (χ0) is 25.2. The summed E-state index contributed by atoms with van der Waals surface area (Å²) in [5, 5.41) is 11.5. The van der Waals surface area contributed by atoms with Gasteiger partial charge in [0.25, 0.3) is 0 Å². The van der Waals surface area contributed by atoms with Crippen LogP contribution in [0.5, 0.6) is 0 Å². The number of ketones is 1. The molecule has 0 saturated heterocycles. The lowest BCUT2D eigenvalue weighted by Crippen LogP contribution is -2.53. The van der Waals surface area contributed by atoms with Crippen LogP contribution in [0.1, 0.15) is 50.5 Å². The van der Waals surface area contributed by atoms with Crippen LogP contribution in [0.4, 0.5) is 18.9 Å². The molecular formula is C28H30F3NO3. The number of benzene rings is 1. The van der Waals surface area contributed by atoms with E-state index in [9.17, 15) is 23.1 Å². The molecule has 1 aliphatic heterocycles. The van der Waals surface area contributed by atoms with E-state index in [1.165, 1.54) is 5.92 Å². The molecule has 4 aliphatic rings. The van der Waals surface area contributed by atoms with Crippen molar-refractivity contribution >= 4 is 11.5 Å². The number of alkyl halides is 3. The first-order valence-corrected chi connectivity index (χ1v) is 12.1. The fraction of sp³-hybridized carbons (Fsp3) is 0.536. The number of fused-ring (bicyclic) bond motifs is 4. The molecular weight excluding hydrogens is 455 g/mol. The van der Waals surface area contributed by atoms with Crippen LogP contribution in [0, 0.1) is 23.2 Å². The van der Waals surface area contributed by atoms with Crippen LogP contribution in [-0.4, -0.2) is 49.5 Å². The molecule has 1 N–H and O–H groups in total. The Labute approximate surface area is 203 Å². The van der Waals surface area contributed by atoms with Gasteiger partial charge in [0, 0.05) is 43.5 Å². The lowest BCUT2D eigenvalue weighted by molar-refractivity contribution is -0.115. The third-order valence-corrected chi connectivity index (χ3v) is 8.59. The Hall–Kier alpha value is -2.56. The fourth-order valence-electron chi connectivity index (χ4n) is 6.70. The minimum atomic E-state index is -4.66. The summed E-state index contributed by atoms with van der Waals surface area (Å²) < 4.78 is 45.4. The molecule has 1 heterocycles. The number of carbonyl (C=O) groups excluding carboxylic acids is 1. The van der Waals surface area contributed by atoms with Crippen LogP contribution in [-0.2, 0) is 9.53 Å². The van der Waals surface area contributed by atoms with Gasteiger partial charge in [-0.15, -0.1) is 0 Å². The van der Waals surface area contributed by atoms with E-state index in [-0.39, 0.29) is 30.1 Å². The smallest absolute Gasteiger partial charge is 0.378 e. The first-order chi connectivity index (χ1) is 16.4. The largest absolute Gasteiger partial charge is 0.457 e. The van der Waals surface area contributed by atoms with E-state index in [2.05, 4.69) is 18.1 Å². The molecule has 35 heavy (non-hydrogen) atoms. The van der Waals surface area contributed by atoms with E-state index in [0.29, 0.717) is 32.3 Å². The summed E-state index contributed by atoms with van der Waals surface area (Å²) in [6, 6.07) is 8.16. The summed E-state index contributed by atoms with van der Waals surface area (Å²) >= 11 is 0. The molecule has 0 aromatic heterocycles. The summed E-state index contributed by atoms with van der Waals surface area (Å²) in [5.41, 5.74) is 2.63. The Balaban J connectivity index is 1.65. The third-order valence-electron chi connectivity index (χ3n) is 8.59. The van der Waals surface area contributed by atoms with Crippen molar-refractivity contribution in [3.63, 3.8) is 0 Å². The summed E-state index contributed by atoms with van der Waals surface area (Å²) in [6.07, 6.45) is -1.04. The molecule has 7 heteroatoms. The normalized spacial score (nSPS) is 34.3. The van der Waals surface area contributed by atoms with E-state index < -0.39 is 17.2 Å². The van der Waals surface area contributed by atoms with Crippen molar-refractivity contribution in [1.82, 2.24) is 0 Å². The molecule has 0 spiro atoms. The average molecular weight is 486 g/mol. The molecule has 5 atom stereocenters. The van der Waals surface area contributed by atoms with Gasteiger partial charge in [-0.05, 0) is 72.1 Å². The molecule has 1 aromatic rings. The number of allylic oxidation sites excluding steroid dienone is 1. The maximum Gasteiger partial charge on any atom is 0.457 e. The monoisotopic (exact) mass is 485 g/mol. The zero-order valence-electron chi connectivity index (χ0n) is 20.2. The van der Waals surface area contributed by atoms with Gasteiger partial charge in [-0.3, -0.25) is 4.79 Å². The zero-order valence-corrected chi connectivity index (χ0v) is 20.2. The minimum absolute atomic E-state index is 0.0941. The highest BCUT2D eigenvalue weighted by Crippen LogP contribution is 2.64. The van der Waals surface area contributed by atoms with E-state index >= 15 is 0 Å². The number of nitrogens with zero attached hydrogens (tertiary/aromatic N) is 1. The molecule has 0 bridgehead atoms. The second-order valence-electron chi connectivity index (χ2n) is 10.7. The Kier molecular flexibility index (Phi) is 5.69. The number of ether oxygens (including phenoxy) is 1. The van der Waals surface area contributed by atoms with E-state index in [1.807, 2.05) is 38.1 Å². The van der Waals surface area contributed by atoms with Crippen molar-refractivity contribution in [2.75, 3.05) is 25.6 Å². The molecule has 0 radical (unpaired) electrons.